The summed E-state index contributed by atoms with van der Waals surface area (Å²) in [6.45, 7) is 2.17. The molecule has 1 rings (SSSR count). The molecule has 1 unspecified atom stereocenters. The molecule has 0 bridgehead atoms. The Labute approximate surface area is 112 Å². The highest BCUT2D eigenvalue weighted by molar-refractivity contribution is 9.10. The van der Waals surface area contributed by atoms with Crippen molar-refractivity contribution in [1.29, 1.82) is 0 Å². The number of hydrogen-bond donors (Lipinski definition) is 1. The lowest BCUT2D eigenvalue weighted by Crippen LogP contribution is -2.11. The fourth-order valence-corrected chi connectivity index (χ4v) is 2.30. The van der Waals surface area contributed by atoms with Crippen molar-refractivity contribution < 1.29 is 9.84 Å². The SMILES string of the molecule is CCCCCC(O)Cc1cc(Br)ccc1OC. The zero-order valence-corrected chi connectivity index (χ0v) is 12.2. The zero-order chi connectivity index (χ0) is 12.7. The molecule has 0 aliphatic heterocycles. The average Bonchev–Trinajstić information content (AvgIpc) is 2.29. The molecule has 1 N–H and O–H groups in total. The summed E-state index contributed by atoms with van der Waals surface area (Å²) >= 11 is 3.44. The van der Waals surface area contributed by atoms with Gasteiger partial charge in [-0.1, -0.05) is 42.1 Å². The van der Waals surface area contributed by atoms with E-state index >= 15 is 0 Å². The van der Waals surface area contributed by atoms with Gasteiger partial charge in [-0.05, 0) is 30.2 Å². The van der Waals surface area contributed by atoms with Crippen LogP contribution in [0.1, 0.15) is 38.2 Å². The topological polar surface area (TPSA) is 29.5 Å². The number of aliphatic hydroxyl groups is 1. The molecule has 96 valence electrons. The standard InChI is InChI=1S/C14H21BrO2/c1-3-4-5-6-13(16)10-11-9-12(15)7-8-14(11)17-2/h7-9,13,16H,3-6,10H2,1-2H3. The number of rotatable bonds is 7. The molecule has 0 aliphatic carbocycles. The van der Waals surface area contributed by atoms with Crippen LogP contribution in [0.5, 0.6) is 5.75 Å². The van der Waals surface area contributed by atoms with Gasteiger partial charge >= 0.3 is 0 Å². The normalized spacial score (nSPS) is 12.5. The van der Waals surface area contributed by atoms with Crippen LogP contribution in [0.2, 0.25) is 0 Å². The first-order valence-corrected chi connectivity index (χ1v) is 6.97. The van der Waals surface area contributed by atoms with Crippen LogP contribution >= 0.6 is 15.9 Å². The van der Waals surface area contributed by atoms with Gasteiger partial charge in [0.05, 0.1) is 13.2 Å². The van der Waals surface area contributed by atoms with E-state index in [2.05, 4.69) is 22.9 Å². The molecular formula is C14H21BrO2. The molecule has 0 radical (unpaired) electrons. The van der Waals surface area contributed by atoms with E-state index in [9.17, 15) is 5.11 Å². The minimum Gasteiger partial charge on any atom is -0.496 e. The van der Waals surface area contributed by atoms with Crippen LogP contribution in [0.4, 0.5) is 0 Å². The number of unbranched alkanes of at least 4 members (excludes halogenated alkanes) is 2. The Morgan fingerprint density at radius 1 is 1.35 bits per heavy atom. The van der Waals surface area contributed by atoms with E-state index in [0.717, 1.165) is 28.6 Å². The zero-order valence-electron chi connectivity index (χ0n) is 10.6. The highest BCUT2D eigenvalue weighted by Gasteiger charge is 2.10. The van der Waals surface area contributed by atoms with Crippen molar-refractivity contribution in [3.8, 4) is 5.75 Å². The Morgan fingerprint density at radius 3 is 2.76 bits per heavy atom. The molecule has 17 heavy (non-hydrogen) atoms. The summed E-state index contributed by atoms with van der Waals surface area (Å²) in [4.78, 5) is 0. The predicted molar refractivity (Wildman–Crippen MR) is 74.5 cm³/mol. The number of methoxy groups -OCH3 is 1. The van der Waals surface area contributed by atoms with E-state index in [0.29, 0.717) is 6.42 Å². The molecule has 1 atom stereocenters. The maximum atomic E-state index is 9.97. The summed E-state index contributed by atoms with van der Waals surface area (Å²) in [5.41, 5.74) is 1.06. The van der Waals surface area contributed by atoms with Gasteiger partial charge < -0.3 is 9.84 Å². The number of halogens is 1. The Hall–Kier alpha value is -0.540. The van der Waals surface area contributed by atoms with Crippen molar-refractivity contribution in [3.05, 3.63) is 28.2 Å². The second-order valence-corrected chi connectivity index (χ2v) is 5.23. The Bertz CT molecular complexity index is 339. The summed E-state index contributed by atoms with van der Waals surface area (Å²) < 4.78 is 6.32. The smallest absolute Gasteiger partial charge is 0.122 e. The molecule has 0 aliphatic rings. The average molecular weight is 301 g/mol. The number of benzene rings is 1. The summed E-state index contributed by atoms with van der Waals surface area (Å²) in [5, 5.41) is 9.97. The van der Waals surface area contributed by atoms with Gasteiger partial charge in [-0.15, -0.1) is 0 Å². The molecule has 0 saturated heterocycles. The van der Waals surface area contributed by atoms with Crippen molar-refractivity contribution in [1.82, 2.24) is 0 Å². The fraction of sp³-hybridized carbons (Fsp3) is 0.571. The van der Waals surface area contributed by atoms with Crippen LogP contribution in [-0.2, 0) is 6.42 Å². The van der Waals surface area contributed by atoms with Crippen molar-refractivity contribution in [2.75, 3.05) is 7.11 Å². The minimum atomic E-state index is -0.273. The predicted octanol–water partition coefficient (Wildman–Crippen LogP) is 3.94. The van der Waals surface area contributed by atoms with E-state index in [1.54, 1.807) is 7.11 Å². The molecule has 0 aromatic heterocycles. The maximum Gasteiger partial charge on any atom is 0.122 e. The van der Waals surface area contributed by atoms with Gasteiger partial charge in [0.2, 0.25) is 0 Å². The molecular weight excluding hydrogens is 280 g/mol. The third kappa shape index (κ3) is 5.09. The Morgan fingerprint density at radius 2 is 2.12 bits per heavy atom. The van der Waals surface area contributed by atoms with Crippen molar-refractivity contribution in [2.45, 2.75) is 45.1 Å². The second kappa shape index (κ2) is 7.72. The van der Waals surface area contributed by atoms with Crippen LogP contribution < -0.4 is 4.74 Å². The van der Waals surface area contributed by atoms with Crippen molar-refractivity contribution >= 4 is 15.9 Å². The third-order valence-electron chi connectivity index (χ3n) is 2.84. The van der Waals surface area contributed by atoms with Gasteiger partial charge in [0.15, 0.2) is 0 Å². The Kier molecular flexibility index (Phi) is 6.60. The van der Waals surface area contributed by atoms with Gasteiger partial charge in [-0.25, -0.2) is 0 Å². The molecule has 0 spiro atoms. The second-order valence-electron chi connectivity index (χ2n) is 4.31. The van der Waals surface area contributed by atoms with Crippen LogP contribution in [0.15, 0.2) is 22.7 Å². The lowest BCUT2D eigenvalue weighted by atomic mass is 10.0. The first-order valence-electron chi connectivity index (χ1n) is 6.17. The number of ether oxygens (including phenoxy) is 1. The van der Waals surface area contributed by atoms with Crippen LogP contribution in [0.25, 0.3) is 0 Å². The first-order chi connectivity index (χ1) is 8.17. The number of hydrogen-bond acceptors (Lipinski definition) is 2. The maximum absolute atomic E-state index is 9.97. The molecule has 3 heteroatoms. The molecule has 0 amide bonds. The van der Waals surface area contributed by atoms with Gasteiger partial charge in [0, 0.05) is 10.9 Å². The summed E-state index contributed by atoms with van der Waals surface area (Å²) in [6.07, 6.45) is 4.72. The number of aliphatic hydroxyl groups excluding tert-OH is 1. The van der Waals surface area contributed by atoms with E-state index in [1.807, 2.05) is 18.2 Å². The van der Waals surface area contributed by atoms with E-state index < -0.39 is 0 Å². The minimum absolute atomic E-state index is 0.273. The Balaban J connectivity index is 2.57. The van der Waals surface area contributed by atoms with E-state index in [-0.39, 0.29) is 6.10 Å². The van der Waals surface area contributed by atoms with Crippen LogP contribution in [0, 0.1) is 0 Å². The quantitative estimate of drug-likeness (QED) is 0.773. The molecule has 1 aromatic carbocycles. The van der Waals surface area contributed by atoms with Crippen LogP contribution in [0.3, 0.4) is 0 Å². The molecule has 0 heterocycles. The molecule has 2 nitrogen and oxygen atoms in total. The highest BCUT2D eigenvalue weighted by atomic mass is 79.9. The largest absolute Gasteiger partial charge is 0.496 e. The van der Waals surface area contributed by atoms with Gasteiger partial charge in [0.1, 0.15) is 5.75 Å². The lowest BCUT2D eigenvalue weighted by molar-refractivity contribution is 0.160. The summed E-state index contributed by atoms with van der Waals surface area (Å²) in [6, 6.07) is 5.89. The van der Waals surface area contributed by atoms with Crippen molar-refractivity contribution in [3.63, 3.8) is 0 Å². The van der Waals surface area contributed by atoms with Crippen molar-refractivity contribution in [2.24, 2.45) is 0 Å². The lowest BCUT2D eigenvalue weighted by Gasteiger charge is -2.13. The summed E-state index contributed by atoms with van der Waals surface area (Å²) in [7, 11) is 1.66. The van der Waals surface area contributed by atoms with Gasteiger partial charge in [-0.2, -0.15) is 0 Å². The third-order valence-corrected chi connectivity index (χ3v) is 3.33. The van der Waals surface area contributed by atoms with Gasteiger partial charge in [-0.3, -0.25) is 0 Å². The van der Waals surface area contributed by atoms with Gasteiger partial charge in [0.25, 0.3) is 0 Å². The molecule has 0 saturated carbocycles. The molecule has 0 fully saturated rings. The first kappa shape index (κ1) is 14.5. The highest BCUT2D eigenvalue weighted by Crippen LogP contribution is 2.25. The fourth-order valence-electron chi connectivity index (χ4n) is 1.89. The van der Waals surface area contributed by atoms with Crippen LogP contribution in [-0.4, -0.2) is 18.3 Å². The monoisotopic (exact) mass is 300 g/mol. The molecule has 1 aromatic rings. The summed E-state index contributed by atoms with van der Waals surface area (Å²) in [5.74, 6) is 0.850. The van der Waals surface area contributed by atoms with E-state index in [4.69, 9.17) is 4.74 Å². The van der Waals surface area contributed by atoms with E-state index in [1.165, 1.54) is 12.8 Å².